The highest BCUT2D eigenvalue weighted by molar-refractivity contribution is 5.95. The molecule has 0 bridgehead atoms. The number of phenols is 4. The third kappa shape index (κ3) is 14.6. The number of unbranched alkanes of at least 4 members (excludes halogenated alkanes) is 4. The minimum absolute atomic E-state index is 0.00748. The lowest BCUT2D eigenvalue weighted by molar-refractivity contribution is -0.0827. The number of carboxylic acids is 2. The zero-order chi connectivity index (χ0) is 72.0. The molecule has 4 aliphatic heterocycles. The molecule has 4 fully saturated rings. The number of allylic oxidation sites excluding steroid dienone is 4. The average molecular weight is 1350 g/mol. The number of fused-ring (bicyclic) bond motifs is 12. The summed E-state index contributed by atoms with van der Waals surface area (Å²) in [6.07, 6.45) is 15.2. The largest absolute Gasteiger partial charge is 0.508 e. The first-order valence-electron chi connectivity index (χ1n) is 36.2. The minimum Gasteiger partial charge on any atom is -0.508 e. The third-order valence-electron chi connectivity index (χ3n) is 22.9. The molecule has 16 heteroatoms. The topological polar surface area (TPSA) is 273 Å². The van der Waals surface area contributed by atoms with Gasteiger partial charge in [0.05, 0.1) is 22.4 Å². The van der Waals surface area contributed by atoms with E-state index in [4.69, 9.17) is 18.9 Å². The van der Waals surface area contributed by atoms with E-state index in [1.54, 1.807) is 26.0 Å². The first-order valence-corrected chi connectivity index (χ1v) is 36.2. The molecule has 0 spiro atoms. The Bertz CT molecular complexity index is 3680. The zero-order valence-corrected chi connectivity index (χ0v) is 60.3. The molecular formula is C82H112O16. The second-order valence-corrected chi connectivity index (χ2v) is 31.1. The van der Waals surface area contributed by atoms with Crippen LogP contribution in [0.1, 0.15) is 275 Å². The first kappa shape index (κ1) is 75.2. The second-order valence-electron chi connectivity index (χ2n) is 31.1. The van der Waals surface area contributed by atoms with Gasteiger partial charge in [-0.25, -0.2) is 9.59 Å². The molecule has 98 heavy (non-hydrogen) atoms. The molecule has 4 saturated carbocycles. The van der Waals surface area contributed by atoms with Gasteiger partial charge < -0.3 is 70.0 Å². The maximum atomic E-state index is 11.9. The smallest absolute Gasteiger partial charge is 0.339 e. The monoisotopic (exact) mass is 1350 g/mol. The highest BCUT2D eigenvalue weighted by atomic mass is 16.5. The normalized spacial score (nSPS) is 30.8. The molecule has 0 unspecified atom stereocenters. The number of benzene rings is 4. The van der Waals surface area contributed by atoms with E-state index < -0.39 is 46.6 Å². The van der Waals surface area contributed by atoms with E-state index in [-0.39, 0.29) is 87.9 Å². The Balaban J connectivity index is 0.000000153. The van der Waals surface area contributed by atoms with Crippen LogP contribution < -0.4 is 18.9 Å². The lowest BCUT2D eigenvalue weighted by atomic mass is 9.66. The van der Waals surface area contributed by atoms with E-state index in [1.165, 1.54) is 12.8 Å². The van der Waals surface area contributed by atoms with Gasteiger partial charge in [0, 0.05) is 45.9 Å². The number of carboxylic acid groups (broad SMARTS) is 2. The summed E-state index contributed by atoms with van der Waals surface area (Å²) >= 11 is 0. The van der Waals surface area contributed by atoms with E-state index in [0.29, 0.717) is 78.0 Å². The molecule has 0 saturated heterocycles. The lowest BCUT2D eigenvalue weighted by Gasteiger charge is -2.42. The van der Waals surface area contributed by atoms with E-state index >= 15 is 0 Å². The molecule has 12 rings (SSSR count). The molecule has 10 N–H and O–H groups in total. The van der Waals surface area contributed by atoms with Gasteiger partial charge in [0.1, 0.15) is 81.5 Å². The number of ether oxygens (including phenoxy) is 4. The Kier molecular flexibility index (Phi) is 22.8. The van der Waals surface area contributed by atoms with Gasteiger partial charge >= 0.3 is 11.9 Å². The standard InChI is InChI=1S/C22H30O5.C21H30O3.C20H26O5.C19H26O3/c1-5-6-7-8-13-11-15-18(19(23)16(13)21(24)25)17-14(12(2)3)9-10-22(4,26)20(17)27-15;1-5-6-7-8-14-11-16(22)19-17(12-14)24-20-18(19)15(13(2)3)9-10-21(20,4)23;1-5-6-11-9-13(21)16-15-12(10(2)3)7-8-20(4,24)18(15)25-17(16)14(11)19(22)23;1-5-6-12-9-14(20)17-15(10-12)22-18-16(17)13(11(2)3)7-8-19(18,4)21/h11,14,17,20,23,26H,2,5-10H2,1,3-4H3,(H,24,25);11-12,15,18,20,22-23H,2,5-10H2,1,3-4H3;9,12,15,18,21,24H,2,5-8H2,1,3-4H3,(H,22,23);9-10,13,16,18,20-21H,2,5-8H2,1,3-4H3/t14-,17+,20-,22-;15-,18+,20-,21-;12-,15+,18-,20-;13-,16+,18-,19-/m0000/s1. The van der Waals surface area contributed by atoms with Crippen molar-refractivity contribution in [3.05, 3.63) is 141 Å². The number of carbonyl (C=O) groups is 2. The maximum Gasteiger partial charge on any atom is 0.339 e. The summed E-state index contributed by atoms with van der Waals surface area (Å²) in [4.78, 5) is 23.8. The van der Waals surface area contributed by atoms with Crippen molar-refractivity contribution in [2.75, 3.05) is 0 Å². The van der Waals surface area contributed by atoms with Gasteiger partial charge in [0.15, 0.2) is 0 Å². The van der Waals surface area contributed by atoms with Crippen molar-refractivity contribution in [3.8, 4) is 46.0 Å². The van der Waals surface area contributed by atoms with Crippen LogP contribution >= 0.6 is 0 Å². The van der Waals surface area contributed by atoms with Crippen LogP contribution in [-0.4, -0.2) is 110 Å². The molecule has 4 aromatic rings. The molecule has 16 nitrogen and oxygen atoms in total. The molecule has 0 amide bonds. The number of aromatic carboxylic acids is 2. The van der Waals surface area contributed by atoms with E-state index in [2.05, 4.69) is 53.2 Å². The summed E-state index contributed by atoms with van der Waals surface area (Å²) in [6.45, 7) is 39.8. The van der Waals surface area contributed by atoms with E-state index in [9.17, 15) is 60.7 Å². The molecule has 4 aliphatic carbocycles. The van der Waals surface area contributed by atoms with E-state index in [1.807, 2.05) is 66.7 Å². The van der Waals surface area contributed by atoms with Gasteiger partial charge in [-0.05, 0) is 228 Å². The van der Waals surface area contributed by atoms with Crippen LogP contribution in [0.3, 0.4) is 0 Å². The number of aromatic hydroxyl groups is 4. The maximum absolute atomic E-state index is 11.9. The van der Waals surface area contributed by atoms with Gasteiger partial charge in [-0.2, -0.15) is 0 Å². The van der Waals surface area contributed by atoms with Gasteiger partial charge in [-0.15, -0.1) is 0 Å². The summed E-state index contributed by atoms with van der Waals surface area (Å²) in [5.41, 5.74) is 6.46. The highest BCUT2D eigenvalue weighted by Crippen LogP contribution is 2.61. The van der Waals surface area contributed by atoms with Crippen molar-refractivity contribution in [2.24, 2.45) is 23.7 Å². The fraction of sp³-hybridized carbons (Fsp3) is 0.585. The Morgan fingerprint density at radius 1 is 0.418 bits per heavy atom. The number of rotatable bonds is 18. The van der Waals surface area contributed by atoms with Crippen LogP contribution in [0, 0.1) is 23.7 Å². The molecule has 0 radical (unpaired) electrons. The van der Waals surface area contributed by atoms with Crippen LogP contribution in [0.15, 0.2) is 85.0 Å². The SMILES string of the molecule is C=C(C)[C@@H]1CC[C@](C)(O)[C@H]2Oc3c(C(=O)O)c(CCC)cc(O)c3[C@@H]12.C=C(C)[C@@H]1CC[C@](C)(O)[C@H]2Oc3cc(CCC)cc(O)c3[C@@H]12.C=C(C)[C@@H]1CC[C@](C)(O)[C@H]2Oc3cc(CCCCC)c(C(=O)O)c(O)c3[C@@H]12.C=C(C)[C@@H]1CC[C@](C)(O)[C@H]2Oc3cc(CCCCC)cc(O)c3[C@@H]12. The lowest BCUT2D eigenvalue weighted by Crippen LogP contribution is -2.50. The molecule has 536 valence electrons. The Morgan fingerprint density at radius 2 is 0.755 bits per heavy atom. The quantitative estimate of drug-likeness (QED) is 0.0328. The van der Waals surface area contributed by atoms with Crippen molar-refractivity contribution in [1.82, 2.24) is 0 Å². The Labute approximate surface area is 581 Å². The average Bonchev–Trinajstić information content (AvgIpc) is 1.59. The fourth-order valence-corrected chi connectivity index (χ4v) is 17.8. The summed E-state index contributed by atoms with van der Waals surface area (Å²) < 4.78 is 24.5. The minimum atomic E-state index is -1.13. The summed E-state index contributed by atoms with van der Waals surface area (Å²) in [6, 6.07) is 11.2. The fourth-order valence-electron chi connectivity index (χ4n) is 17.8. The number of aryl methyl sites for hydroxylation is 4. The summed E-state index contributed by atoms with van der Waals surface area (Å²) in [5, 5.41) is 106. The number of phenolic OH excluding ortho intramolecular Hbond substituents is 3. The molecule has 4 heterocycles. The molecule has 0 aromatic heterocycles. The van der Waals surface area contributed by atoms with Crippen LogP contribution in [0.4, 0.5) is 0 Å². The molecular weight excluding hydrogens is 1240 g/mol. The first-order chi connectivity index (χ1) is 46.1. The van der Waals surface area contributed by atoms with Crippen molar-refractivity contribution in [3.63, 3.8) is 0 Å². The van der Waals surface area contributed by atoms with Crippen molar-refractivity contribution in [1.29, 1.82) is 0 Å². The van der Waals surface area contributed by atoms with Crippen molar-refractivity contribution >= 4 is 11.9 Å². The Morgan fingerprint density at radius 3 is 1.13 bits per heavy atom. The second kappa shape index (κ2) is 29.7. The predicted molar refractivity (Wildman–Crippen MR) is 382 cm³/mol. The third-order valence-corrected chi connectivity index (χ3v) is 22.9. The molecule has 4 aromatic carbocycles. The van der Waals surface area contributed by atoms with Crippen LogP contribution in [0.25, 0.3) is 0 Å². The highest BCUT2D eigenvalue weighted by Gasteiger charge is 2.58. The number of aliphatic hydroxyl groups is 4. The van der Waals surface area contributed by atoms with E-state index in [0.717, 1.165) is 133 Å². The van der Waals surface area contributed by atoms with Gasteiger partial charge in [-0.1, -0.05) is 115 Å². The Hall–Kier alpha value is -6.98. The number of hydrogen-bond donors (Lipinski definition) is 10. The van der Waals surface area contributed by atoms with Gasteiger partial charge in [-0.3, -0.25) is 0 Å². The molecule has 16 atom stereocenters. The van der Waals surface area contributed by atoms with Gasteiger partial charge in [0.2, 0.25) is 0 Å². The van der Waals surface area contributed by atoms with Gasteiger partial charge in [0.25, 0.3) is 0 Å². The van der Waals surface area contributed by atoms with Crippen LogP contribution in [0.2, 0.25) is 0 Å². The summed E-state index contributed by atoms with van der Waals surface area (Å²) in [5.74, 6) is 0.476. The van der Waals surface area contributed by atoms with Crippen molar-refractivity contribution in [2.45, 2.75) is 282 Å². The number of hydrogen-bond acceptors (Lipinski definition) is 14. The molecule has 8 aliphatic rings. The predicted octanol–water partition coefficient (Wildman–Crippen LogP) is 16.7. The van der Waals surface area contributed by atoms with Crippen LogP contribution in [-0.2, 0) is 25.7 Å². The van der Waals surface area contributed by atoms with Crippen molar-refractivity contribution < 1.29 is 79.6 Å². The van der Waals surface area contributed by atoms with Crippen LogP contribution in [0.5, 0.6) is 46.0 Å². The summed E-state index contributed by atoms with van der Waals surface area (Å²) in [7, 11) is 0. The zero-order valence-electron chi connectivity index (χ0n) is 60.3.